The molecule has 1 fully saturated rings. The predicted molar refractivity (Wildman–Crippen MR) is 110 cm³/mol. The minimum atomic E-state index is -0.356. The molecule has 1 aliphatic rings. The van der Waals surface area contributed by atoms with E-state index in [4.69, 9.17) is 4.42 Å². The van der Waals surface area contributed by atoms with E-state index in [0.717, 1.165) is 28.1 Å². The third kappa shape index (κ3) is 4.06. The van der Waals surface area contributed by atoms with Gasteiger partial charge in [0, 0.05) is 43.2 Å². The van der Waals surface area contributed by atoms with Gasteiger partial charge in [-0.2, -0.15) is 0 Å². The lowest BCUT2D eigenvalue weighted by Crippen LogP contribution is -2.32. The van der Waals surface area contributed by atoms with Crippen molar-refractivity contribution >= 4 is 17.5 Å². The molecular weight excluding hydrogens is 366 g/mol. The maximum Gasteiger partial charge on any atom is 0.227 e. The number of nitrogens with zero attached hydrogens (tertiary/aromatic N) is 2. The van der Waals surface area contributed by atoms with Crippen molar-refractivity contribution in [2.24, 2.45) is 5.92 Å². The summed E-state index contributed by atoms with van der Waals surface area (Å²) in [6.07, 6.45) is 5.28. The molecule has 148 valence electrons. The van der Waals surface area contributed by atoms with E-state index >= 15 is 0 Å². The average molecular weight is 389 g/mol. The molecule has 3 heterocycles. The highest BCUT2D eigenvalue weighted by Gasteiger charge is 2.35. The van der Waals surface area contributed by atoms with Crippen LogP contribution in [-0.4, -0.2) is 23.3 Å². The minimum Gasteiger partial charge on any atom is -0.464 e. The van der Waals surface area contributed by atoms with Crippen LogP contribution in [0.3, 0.4) is 0 Å². The van der Waals surface area contributed by atoms with Crippen LogP contribution in [0.5, 0.6) is 0 Å². The lowest BCUT2D eigenvalue weighted by Gasteiger charge is -2.18. The number of nitrogens with one attached hydrogen (secondary N) is 1. The molecule has 0 spiro atoms. The van der Waals surface area contributed by atoms with E-state index in [1.165, 1.54) is 5.56 Å². The molecule has 3 aromatic rings. The first-order valence-electron chi connectivity index (χ1n) is 9.64. The second kappa shape index (κ2) is 7.91. The SMILES string of the molecule is Cc1ccc(N2CC(C(=O)NCc3cncc(-c4ccco4)c3)CC2=O)cc1C. The van der Waals surface area contributed by atoms with E-state index in [2.05, 4.69) is 10.3 Å². The van der Waals surface area contributed by atoms with Gasteiger partial charge in [0.25, 0.3) is 0 Å². The summed E-state index contributed by atoms with van der Waals surface area (Å²) in [7, 11) is 0. The second-order valence-electron chi connectivity index (χ2n) is 7.45. The van der Waals surface area contributed by atoms with Gasteiger partial charge in [-0.3, -0.25) is 14.6 Å². The number of pyridine rings is 1. The van der Waals surface area contributed by atoms with Crippen LogP contribution in [0.4, 0.5) is 5.69 Å². The summed E-state index contributed by atoms with van der Waals surface area (Å²) in [4.78, 5) is 31.0. The molecule has 1 aliphatic heterocycles. The average Bonchev–Trinajstić information content (AvgIpc) is 3.39. The van der Waals surface area contributed by atoms with E-state index in [0.29, 0.717) is 13.1 Å². The van der Waals surface area contributed by atoms with Crippen LogP contribution >= 0.6 is 0 Å². The van der Waals surface area contributed by atoms with Crippen LogP contribution in [-0.2, 0) is 16.1 Å². The Hall–Kier alpha value is -3.41. The molecule has 4 rings (SSSR count). The normalized spacial score (nSPS) is 16.3. The third-order valence-electron chi connectivity index (χ3n) is 5.37. The first-order chi connectivity index (χ1) is 14.0. The quantitative estimate of drug-likeness (QED) is 0.723. The Morgan fingerprint density at radius 3 is 2.83 bits per heavy atom. The molecule has 1 aromatic carbocycles. The highest BCUT2D eigenvalue weighted by molar-refractivity contribution is 6.00. The van der Waals surface area contributed by atoms with Gasteiger partial charge in [0.15, 0.2) is 0 Å². The molecule has 2 amide bonds. The summed E-state index contributed by atoms with van der Waals surface area (Å²) in [6, 6.07) is 11.6. The van der Waals surface area contributed by atoms with Crippen molar-refractivity contribution < 1.29 is 14.0 Å². The van der Waals surface area contributed by atoms with Crippen LogP contribution in [0.1, 0.15) is 23.1 Å². The van der Waals surface area contributed by atoms with Crippen molar-refractivity contribution in [3.05, 3.63) is 71.7 Å². The molecule has 0 saturated carbocycles. The molecule has 6 heteroatoms. The molecule has 0 radical (unpaired) electrons. The Morgan fingerprint density at radius 1 is 1.21 bits per heavy atom. The van der Waals surface area contributed by atoms with Crippen LogP contribution in [0, 0.1) is 19.8 Å². The summed E-state index contributed by atoms with van der Waals surface area (Å²) in [5, 5.41) is 2.94. The van der Waals surface area contributed by atoms with Gasteiger partial charge < -0.3 is 14.6 Å². The number of hydrogen-bond donors (Lipinski definition) is 1. The standard InChI is InChI=1S/C23H23N3O3/c1-15-5-6-20(8-16(15)2)26-14-19(10-22(26)27)23(28)25-12-17-9-18(13-24-11-17)21-4-3-7-29-21/h3-9,11,13,19H,10,12,14H2,1-2H3,(H,25,28). The van der Waals surface area contributed by atoms with Gasteiger partial charge in [-0.1, -0.05) is 6.07 Å². The monoisotopic (exact) mass is 389 g/mol. The van der Waals surface area contributed by atoms with E-state index in [1.54, 1.807) is 23.6 Å². The summed E-state index contributed by atoms with van der Waals surface area (Å²) >= 11 is 0. The number of carbonyl (C=O) groups is 2. The van der Waals surface area contributed by atoms with Crippen molar-refractivity contribution in [2.75, 3.05) is 11.4 Å². The lowest BCUT2D eigenvalue weighted by atomic mass is 10.1. The van der Waals surface area contributed by atoms with E-state index in [9.17, 15) is 9.59 Å². The van der Waals surface area contributed by atoms with Gasteiger partial charge >= 0.3 is 0 Å². The van der Waals surface area contributed by atoms with Gasteiger partial charge in [0.2, 0.25) is 11.8 Å². The van der Waals surface area contributed by atoms with Crippen LogP contribution in [0.25, 0.3) is 11.3 Å². The van der Waals surface area contributed by atoms with Gasteiger partial charge in [-0.15, -0.1) is 0 Å². The minimum absolute atomic E-state index is 0.0186. The van der Waals surface area contributed by atoms with Crippen molar-refractivity contribution in [3.63, 3.8) is 0 Å². The molecule has 29 heavy (non-hydrogen) atoms. The Balaban J connectivity index is 1.39. The molecule has 0 aliphatic carbocycles. The van der Waals surface area contributed by atoms with Crippen molar-refractivity contribution in [2.45, 2.75) is 26.8 Å². The number of amides is 2. The number of anilines is 1. The zero-order valence-electron chi connectivity index (χ0n) is 16.5. The Kier molecular flexibility index (Phi) is 5.16. The van der Waals surface area contributed by atoms with Gasteiger partial charge in [0.05, 0.1) is 12.2 Å². The van der Waals surface area contributed by atoms with Gasteiger partial charge in [-0.25, -0.2) is 0 Å². The zero-order valence-corrected chi connectivity index (χ0v) is 16.5. The Morgan fingerprint density at radius 2 is 2.07 bits per heavy atom. The molecular formula is C23H23N3O3. The van der Waals surface area contributed by atoms with Crippen LogP contribution < -0.4 is 10.2 Å². The summed E-state index contributed by atoms with van der Waals surface area (Å²) < 4.78 is 5.39. The molecule has 1 unspecified atom stereocenters. The number of furan rings is 1. The topological polar surface area (TPSA) is 75.4 Å². The highest BCUT2D eigenvalue weighted by atomic mass is 16.3. The second-order valence-corrected chi connectivity index (χ2v) is 7.45. The number of hydrogen-bond acceptors (Lipinski definition) is 4. The van der Waals surface area contributed by atoms with E-state index < -0.39 is 0 Å². The van der Waals surface area contributed by atoms with Gasteiger partial charge in [-0.05, 0) is 60.9 Å². The summed E-state index contributed by atoms with van der Waals surface area (Å²) in [5.41, 5.74) is 4.90. The van der Waals surface area contributed by atoms with E-state index in [1.807, 2.05) is 50.2 Å². The van der Waals surface area contributed by atoms with E-state index in [-0.39, 0.29) is 24.2 Å². The van der Waals surface area contributed by atoms with Crippen molar-refractivity contribution in [3.8, 4) is 11.3 Å². The lowest BCUT2D eigenvalue weighted by molar-refractivity contribution is -0.126. The fourth-order valence-electron chi connectivity index (χ4n) is 3.52. The molecule has 6 nitrogen and oxygen atoms in total. The Labute approximate surface area is 169 Å². The third-order valence-corrected chi connectivity index (χ3v) is 5.37. The zero-order chi connectivity index (χ0) is 20.4. The molecule has 0 bridgehead atoms. The first kappa shape index (κ1) is 18.9. The smallest absolute Gasteiger partial charge is 0.227 e. The fraction of sp³-hybridized carbons (Fsp3) is 0.261. The molecule has 1 saturated heterocycles. The van der Waals surface area contributed by atoms with Crippen molar-refractivity contribution in [1.29, 1.82) is 0 Å². The van der Waals surface area contributed by atoms with Crippen LogP contribution in [0.15, 0.2) is 59.5 Å². The fourth-order valence-corrected chi connectivity index (χ4v) is 3.52. The maximum atomic E-state index is 12.6. The number of aryl methyl sites for hydroxylation is 2. The van der Waals surface area contributed by atoms with Crippen LogP contribution in [0.2, 0.25) is 0 Å². The number of aromatic nitrogens is 1. The Bertz CT molecular complexity index is 1040. The summed E-state index contributed by atoms with van der Waals surface area (Å²) in [5.74, 6) is 0.240. The summed E-state index contributed by atoms with van der Waals surface area (Å²) in [6.45, 7) is 4.82. The number of carbonyl (C=O) groups excluding carboxylic acids is 2. The predicted octanol–water partition coefficient (Wildman–Crippen LogP) is 3.63. The number of rotatable bonds is 5. The van der Waals surface area contributed by atoms with Crippen molar-refractivity contribution in [1.82, 2.24) is 10.3 Å². The largest absolute Gasteiger partial charge is 0.464 e. The highest BCUT2D eigenvalue weighted by Crippen LogP contribution is 2.27. The molecule has 1 atom stereocenters. The molecule has 2 aromatic heterocycles. The molecule has 1 N–H and O–H groups in total. The maximum absolute atomic E-state index is 12.6. The first-order valence-corrected chi connectivity index (χ1v) is 9.64. The number of benzene rings is 1. The van der Waals surface area contributed by atoms with Gasteiger partial charge in [0.1, 0.15) is 5.76 Å².